The van der Waals surface area contributed by atoms with Gasteiger partial charge in [-0.05, 0) is 11.1 Å². The Bertz CT molecular complexity index is 525. The van der Waals surface area contributed by atoms with Crippen molar-refractivity contribution in [2.45, 2.75) is 19.1 Å². The fourth-order valence-corrected chi connectivity index (χ4v) is 2.07. The monoisotopic (exact) mass is 255 g/mol. The topological polar surface area (TPSA) is 49.3 Å². The smallest absolute Gasteiger partial charge is 0.217 e. The van der Waals surface area contributed by atoms with Gasteiger partial charge in [0, 0.05) is 6.92 Å². The molecule has 0 heterocycles. The Labute approximate surface area is 112 Å². The zero-order chi connectivity index (χ0) is 13.7. The number of benzene rings is 2. The highest BCUT2D eigenvalue weighted by atomic mass is 16.3. The highest BCUT2D eigenvalue weighted by Crippen LogP contribution is 2.28. The molecule has 0 spiro atoms. The quantitative estimate of drug-likeness (QED) is 0.882. The minimum Gasteiger partial charge on any atom is -0.386 e. The van der Waals surface area contributed by atoms with E-state index in [1.165, 1.54) is 6.92 Å². The number of hydrogen-bond donors (Lipinski definition) is 2. The third-order valence-electron chi connectivity index (χ3n) is 2.97. The largest absolute Gasteiger partial charge is 0.386 e. The second-order valence-corrected chi connectivity index (χ2v) is 4.44. The van der Waals surface area contributed by atoms with Crippen molar-refractivity contribution in [3.05, 3.63) is 71.8 Å². The molecule has 0 aliphatic rings. The van der Waals surface area contributed by atoms with Crippen LogP contribution >= 0.6 is 0 Å². The molecular formula is C16H17NO2. The number of nitrogens with one attached hydrogen (secondary N) is 1. The van der Waals surface area contributed by atoms with Crippen molar-refractivity contribution in [2.75, 3.05) is 0 Å². The number of hydrogen-bond acceptors (Lipinski definition) is 2. The first-order valence-electron chi connectivity index (χ1n) is 6.23. The van der Waals surface area contributed by atoms with Crippen molar-refractivity contribution in [1.82, 2.24) is 5.32 Å². The predicted molar refractivity (Wildman–Crippen MR) is 74.4 cm³/mol. The lowest BCUT2D eigenvalue weighted by molar-refractivity contribution is -0.120. The molecule has 2 aromatic rings. The van der Waals surface area contributed by atoms with E-state index in [2.05, 4.69) is 5.32 Å². The van der Waals surface area contributed by atoms with Gasteiger partial charge in [-0.3, -0.25) is 4.79 Å². The van der Waals surface area contributed by atoms with Crippen LogP contribution in [0.5, 0.6) is 0 Å². The predicted octanol–water partition coefficient (Wildman–Crippen LogP) is 2.60. The molecule has 0 saturated heterocycles. The van der Waals surface area contributed by atoms with Crippen LogP contribution in [0.3, 0.4) is 0 Å². The van der Waals surface area contributed by atoms with E-state index < -0.39 is 12.1 Å². The minimum absolute atomic E-state index is 0.163. The van der Waals surface area contributed by atoms with Gasteiger partial charge in [0.15, 0.2) is 0 Å². The summed E-state index contributed by atoms with van der Waals surface area (Å²) in [5.41, 5.74) is 1.67. The lowest BCUT2D eigenvalue weighted by atomic mass is 9.96. The highest BCUT2D eigenvalue weighted by Gasteiger charge is 2.23. The van der Waals surface area contributed by atoms with Crippen molar-refractivity contribution in [1.29, 1.82) is 0 Å². The van der Waals surface area contributed by atoms with E-state index in [-0.39, 0.29) is 5.91 Å². The lowest BCUT2D eigenvalue weighted by Gasteiger charge is -2.24. The molecule has 1 amide bonds. The first kappa shape index (κ1) is 13.3. The Morgan fingerprint density at radius 3 is 1.89 bits per heavy atom. The van der Waals surface area contributed by atoms with Gasteiger partial charge in [0.25, 0.3) is 0 Å². The Morgan fingerprint density at radius 2 is 1.42 bits per heavy atom. The standard InChI is InChI=1S/C16H17NO2/c1-12(18)17-15(13-8-4-2-5-9-13)16(19)14-10-6-3-7-11-14/h2-11,15-16,19H,1H3,(H,17,18). The highest BCUT2D eigenvalue weighted by molar-refractivity contribution is 5.73. The van der Waals surface area contributed by atoms with Crippen molar-refractivity contribution in [2.24, 2.45) is 0 Å². The van der Waals surface area contributed by atoms with Crippen LogP contribution in [-0.4, -0.2) is 11.0 Å². The third-order valence-corrected chi connectivity index (χ3v) is 2.97. The van der Waals surface area contributed by atoms with Crippen molar-refractivity contribution < 1.29 is 9.90 Å². The number of rotatable bonds is 4. The van der Waals surface area contributed by atoms with E-state index in [0.29, 0.717) is 0 Å². The van der Waals surface area contributed by atoms with Crippen molar-refractivity contribution >= 4 is 5.91 Å². The molecule has 0 bridgehead atoms. The summed E-state index contributed by atoms with van der Waals surface area (Å²) in [4.78, 5) is 11.3. The molecule has 2 rings (SSSR count). The number of amides is 1. The van der Waals surface area contributed by atoms with Crippen LogP contribution in [0.25, 0.3) is 0 Å². The maximum absolute atomic E-state index is 11.3. The average molecular weight is 255 g/mol. The Hall–Kier alpha value is -2.13. The summed E-state index contributed by atoms with van der Waals surface area (Å²) in [6, 6.07) is 18.4. The van der Waals surface area contributed by atoms with Gasteiger partial charge in [0.05, 0.1) is 6.04 Å². The van der Waals surface area contributed by atoms with E-state index in [1.807, 2.05) is 60.7 Å². The maximum atomic E-state index is 11.3. The summed E-state index contributed by atoms with van der Waals surface area (Å²) < 4.78 is 0. The van der Waals surface area contributed by atoms with E-state index in [9.17, 15) is 9.90 Å². The van der Waals surface area contributed by atoms with Gasteiger partial charge in [0.2, 0.25) is 5.91 Å². The second-order valence-electron chi connectivity index (χ2n) is 4.44. The van der Waals surface area contributed by atoms with Crippen LogP contribution < -0.4 is 5.32 Å². The van der Waals surface area contributed by atoms with Gasteiger partial charge in [-0.1, -0.05) is 60.7 Å². The van der Waals surface area contributed by atoms with Crippen LogP contribution in [-0.2, 0) is 4.79 Å². The maximum Gasteiger partial charge on any atom is 0.217 e. The molecule has 19 heavy (non-hydrogen) atoms. The van der Waals surface area contributed by atoms with E-state index in [4.69, 9.17) is 0 Å². The minimum atomic E-state index is -0.771. The van der Waals surface area contributed by atoms with Crippen LogP contribution in [0, 0.1) is 0 Å². The molecule has 0 fully saturated rings. The Balaban J connectivity index is 2.30. The normalized spacial score (nSPS) is 13.6. The zero-order valence-electron chi connectivity index (χ0n) is 10.8. The Kier molecular flexibility index (Phi) is 4.31. The molecule has 0 aromatic heterocycles. The average Bonchev–Trinajstić information content (AvgIpc) is 2.46. The summed E-state index contributed by atoms with van der Waals surface area (Å²) >= 11 is 0. The van der Waals surface area contributed by atoms with Gasteiger partial charge >= 0.3 is 0 Å². The fourth-order valence-electron chi connectivity index (χ4n) is 2.07. The van der Waals surface area contributed by atoms with Crippen LogP contribution in [0.4, 0.5) is 0 Å². The van der Waals surface area contributed by atoms with Gasteiger partial charge in [-0.2, -0.15) is 0 Å². The SMILES string of the molecule is CC(=O)NC(c1ccccc1)C(O)c1ccccc1. The number of carbonyl (C=O) groups is 1. The van der Waals surface area contributed by atoms with Gasteiger partial charge in [0.1, 0.15) is 6.10 Å². The molecule has 98 valence electrons. The van der Waals surface area contributed by atoms with Gasteiger partial charge in [-0.15, -0.1) is 0 Å². The van der Waals surface area contributed by atoms with Gasteiger partial charge < -0.3 is 10.4 Å². The molecule has 2 aromatic carbocycles. The molecule has 0 aliphatic carbocycles. The first-order chi connectivity index (χ1) is 9.18. The van der Waals surface area contributed by atoms with Crippen molar-refractivity contribution in [3.63, 3.8) is 0 Å². The Morgan fingerprint density at radius 1 is 0.947 bits per heavy atom. The number of aliphatic hydroxyl groups is 1. The number of aliphatic hydroxyl groups excluding tert-OH is 1. The van der Waals surface area contributed by atoms with E-state index in [0.717, 1.165) is 11.1 Å². The molecule has 2 unspecified atom stereocenters. The molecular weight excluding hydrogens is 238 g/mol. The fraction of sp³-hybridized carbons (Fsp3) is 0.188. The molecule has 0 aliphatic heterocycles. The molecule has 0 saturated carbocycles. The molecule has 0 radical (unpaired) electrons. The molecule has 3 nitrogen and oxygen atoms in total. The third kappa shape index (κ3) is 3.42. The van der Waals surface area contributed by atoms with Crippen LogP contribution in [0.1, 0.15) is 30.2 Å². The van der Waals surface area contributed by atoms with Crippen LogP contribution in [0.2, 0.25) is 0 Å². The van der Waals surface area contributed by atoms with Crippen LogP contribution in [0.15, 0.2) is 60.7 Å². The molecule has 2 atom stereocenters. The summed E-state index contributed by atoms with van der Waals surface area (Å²) in [7, 11) is 0. The van der Waals surface area contributed by atoms with E-state index >= 15 is 0 Å². The summed E-state index contributed by atoms with van der Waals surface area (Å²) in [5, 5.41) is 13.3. The van der Waals surface area contributed by atoms with Crippen molar-refractivity contribution in [3.8, 4) is 0 Å². The van der Waals surface area contributed by atoms with E-state index in [1.54, 1.807) is 0 Å². The summed E-state index contributed by atoms with van der Waals surface area (Å²) in [6.07, 6.45) is -0.771. The molecule has 3 heteroatoms. The van der Waals surface area contributed by atoms with Gasteiger partial charge in [-0.25, -0.2) is 0 Å². The first-order valence-corrected chi connectivity index (χ1v) is 6.23. The summed E-state index contributed by atoms with van der Waals surface area (Å²) in [6.45, 7) is 1.45. The zero-order valence-corrected chi connectivity index (χ0v) is 10.8. The second kappa shape index (κ2) is 6.16. The number of carbonyl (C=O) groups excluding carboxylic acids is 1. The summed E-state index contributed by atoms with van der Waals surface area (Å²) in [5.74, 6) is -0.163. The lowest BCUT2D eigenvalue weighted by Crippen LogP contribution is -2.30. The molecule has 2 N–H and O–H groups in total.